The molecule has 6 heteroatoms. The molecule has 6 nitrogen and oxygen atoms in total. The molecule has 2 atom stereocenters. The molecule has 112 valence electrons. The Morgan fingerprint density at radius 3 is 2.67 bits per heavy atom. The van der Waals surface area contributed by atoms with Gasteiger partial charge < -0.3 is 10.2 Å². The highest BCUT2D eigenvalue weighted by molar-refractivity contribution is 5.79. The Bertz CT molecular complexity index is 555. The molecule has 0 aliphatic carbocycles. The summed E-state index contributed by atoms with van der Waals surface area (Å²) < 4.78 is 1.54. The van der Waals surface area contributed by atoms with Gasteiger partial charge in [-0.25, -0.2) is 9.67 Å². The van der Waals surface area contributed by atoms with Crippen molar-refractivity contribution in [3.05, 3.63) is 43.0 Å². The predicted octanol–water partition coefficient (Wildman–Crippen LogP) is 1.48. The van der Waals surface area contributed by atoms with Crippen molar-refractivity contribution in [3.8, 4) is 0 Å². The summed E-state index contributed by atoms with van der Waals surface area (Å²) in [4.78, 5) is 18.1. The zero-order valence-corrected chi connectivity index (χ0v) is 12.6. The van der Waals surface area contributed by atoms with E-state index in [4.69, 9.17) is 0 Å². The van der Waals surface area contributed by atoms with Crippen molar-refractivity contribution < 1.29 is 4.79 Å². The molecule has 0 aliphatic rings. The van der Waals surface area contributed by atoms with E-state index < -0.39 is 0 Å². The third-order valence-electron chi connectivity index (χ3n) is 3.61. The van der Waals surface area contributed by atoms with Crippen LogP contribution in [0.15, 0.2) is 43.0 Å². The highest BCUT2D eigenvalue weighted by Crippen LogP contribution is 2.13. The summed E-state index contributed by atoms with van der Waals surface area (Å²) in [6.07, 6.45) is 2.97. The maximum atomic E-state index is 12.1. The average molecular weight is 287 g/mol. The van der Waals surface area contributed by atoms with Crippen molar-refractivity contribution in [3.63, 3.8) is 0 Å². The van der Waals surface area contributed by atoms with Crippen molar-refractivity contribution in [2.75, 3.05) is 18.5 Å². The molecule has 0 fully saturated rings. The van der Waals surface area contributed by atoms with Gasteiger partial charge in [0.15, 0.2) is 0 Å². The van der Waals surface area contributed by atoms with Crippen LogP contribution in [0.25, 0.3) is 0 Å². The minimum absolute atomic E-state index is 0.0613. The van der Waals surface area contributed by atoms with E-state index in [1.165, 1.54) is 6.33 Å². The van der Waals surface area contributed by atoms with E-state index in [2.05, 4.69) is 39.4 Å². The molecule has 0 aliphatic heterocycles. The Hall–Kier alpha value is -2.37. The molecule has 0 saturated carbocycles. The van der Waals surface area contributed by atoms with Crippen LogP contribution in [0, 0.1) is 0 Å². The van der Waals surface area contributed by atoms with Crippen molar-refractivity contribution in [2.24, 2.45) is 0 Å². The number of para-hydroxylation sites is 1. The third-order valence-corrected chi connectivity index (χ3v) is 3.61. The lowest BCUT2D eigenvalue weighted by Gasteiger charge is -2.27. The topological polar surface area (TPSA) is 63.1 Å². The monoisotopic (exact) mass is 287 g/mol. The Morgan fingerprint density at radius 2 is 2.05 bits per heavy atom. The normalized spacial score (nSPS) is 13.5. The highest BCUT2D eigenvalue weighted by atomic mass is 16.2. The third kappa shape index (κ3) is 3.81. The number of anilines is 1. The summed E-state index contributed by atoms with van der Waals surface area (Å²) >= 11 is 0. The predicted molar refractivity (Wildman–Crippen MR) is 82.0 cm³/mol. The lowest BCUT2D eigenvalue weighted by Crippen LogP contribution is -2.42. The molecule has 2 rings (SSSR count). The molecule has 0 spiro atoms. The van der Waals surface area contributed by atoms with Gasteiger partial charge in [-0.2, -0.15) is 5.10 Å². The minimum atomic E-state index is -0.360. The van der Waals surface area contributed by atoms with E-state index in [-0.39, 0.29) is 18.0 Å². The van der Waals surface area contributed by atoms with Gasteiger partial charge in [0.05, 0.1) is 0 Å². The van der Waals surface area contributed by atoms with Crippen LogP contribution in [-0.4, -0.2) is 40.3 Å². The van der Waals surface area contributed by atoms with Crippen molar-refractivity contribution in [1.29, 1.82) is 0 Å². The Balaban J connectivity index is 1.86. The van der Waals surface area contributed by atoms with Gasteiger partial charge in [0.25, 0.3) is 0 Å². The molecule has 1 aromatic heterocycles. The van der Waals surface area contributed by atoms with Crippen LogP contribution in [0.3, 0.4) is 0 Å². The van der Waals surface area contributed by atoms with E-state index in [0.29, 0.717) is 6.54 Å². The number of aromatic nitrogens is 3. The molecule has 1 amide bonds. The number of hydrogen-bond acceptors (Lipinski definition) is 4. The fourth-order valence-corrected chi connectivity index (χ4v) is 1.99. The number of likely N-dealkylation sites (N-methyl/N-ethyl adjacent to an activating group) is 1. The number of rotatable bonds is 6. The quantitative estimate of drug-likeness (QED) is 0.874. The fourth-order valence-electron chi connectivity index (χ4n) is 1.99. The Kier molecular flexibility index (Phi) is 4.92. The number of carbonyl (C=O) groups is 1. The summed E-state index contributed by atoms with van der Waals surface area (Å²) in [5.41, 5.74) is 1.13. The second-order valence-electron chi connectivity index (χ2n) is 5.09. The zero-order chi connectivity index (χ0) is 15.2. The number of carbonyl (C=O) groups excluding carboxylic acids is 1. The molecule has 21 heavy (non-hydrogen) atoms. The molecule has 1 heterocycles. The summed E-state index contributed by atoms with van der Waals surface area (Å²) in [6.45, 7) is 4.45. The second-order valence-corrected chi connectivity index (χ2v) is 5.09. The van der Waals surface area contributed by atoms with E-state index in [1.54, 1.807) is 17.9 Å². The Labute approximate surface area is 124 Å². The zero-order valence-electron chi connectivity index (χ0n) is 12.6. The second kappa shape index (κ2) is 6.88. The van der Waals surface area contributed by atoms with Crippen LogP contribution in [0.5, 0.6) is 0 Å². The van der Waals surface area contributed by atoms with Crippen LogP contribution >= 0.6 is 0 Å². The minimum Gasteiger partial charge on any atom is -0.370 e. The van der Waals surface area contributed by atoms with Gasteiger partial charge >= 0.3 is 0 Å². The molecule has 0 bridgehead atoms. The number of nitrogens with zero attached hydrogens (tertiary/aromatic N) is 4. The van der Waals surface area contributed by atoms with E-state index in [1.807, 2.05) is 25.2 Å². The van der Waals surface area contributed by atoms with Crippen LogP contribution < -0.4 is 10.2 Å². The van der Waals surface area contributed by atoms with Gasteiger partial charge in [-0.15, -0.1) is 0 Å². The van der Waals surface area contributed by atoms with E-state index in [0.717, 1.165) is 5.69 Å². The van der Waals surface area contributed by atoms with Gasteiger partial charge in [-0.05, 0) is 26.0 Å². The molecule has 1 aromatic carbocycles. The molecule has 2 unspecified atom stereocenters. The molecule has 0 saturated heterocycles. The van der Waals surface area contributed by atoms with E-state index in [9.17, 15) is 4.79 Å². The lowest BCUT2D eigenvalue weighted by atomic mass is 10.2. The number of hydrogen-bond donors (Lipinski definition) is 1. The van der Waals surface area contributed by atoms with Gasteiger partial charge in [0.2, 0.25) is 5.91 Å². The number of amides is 1. The van der Waals surface area contributed by atoms with Gasteiger partial charge in [-0.1, -0.05) is 18.2 Å². The van der Waals surface area contributed by atoms with Crippen molar-refractivity contribution in [2.45, 2.75) is 25.9 Å². The smallest absolute Gasteiger partial charge is 0.244 e. The summed E-state index contributed by atoms with van der Waals surface area (Å²) in [5, 5.41) is 6.93. The maximum absolute atomic E-state index is 12.1. The standard InChI is InChI=1S/C15H21N5O/c1-12(19(3)14-7-5-4-6-8-14)9-17-15(21)13(2)20-11-16-10-18-20/h4-8,10-13H,9H2,1-3H3,(H,17,21). The summed E-state index contributed by atoms with van der Waals surface area (Å²) in [6, 6.07) is 9.94. The molecule has 0 radical (unpaired) electrons. The first-order chi connectivity index (χ1) is 10.1. The average Bonchev–Trinajstić information content (AvgIpc) is 3.06. The van der Waals surface area contributed by atoms with Crippen molar-refractivity contribution >= 4 is 11.6 Å². The molecule has 2 aromatic rings. The number of nitrogens with one attached hydrogen (secondary N) is 1. The van der Waals surface area contributed by atoms with Gasteiger partial charge in [0, 0.05) is 25.3 Å². The largest absolute Gasteiger partial charge is 0.370 e. The number of benzene rings is 1. The molecule has 1 N–H and O–H groups in total. The van der Waals surface area contributed by atoms with Crippen LogP contribution in [0.1, 0.15) is 19.9 Å². The molecular formula is C15H21N5O. The fraction of sp³-hybridized carbons (Fsp3) is 0.400. The lowest BCUT2D eigenvalue weighted by molar-refractivity contribution is -0.124. The van der Waals surface area contributed by atoms with Crippen LogP contribution in [-0.2, 0) is 4.79 Å². The van der Waals surface area contributed by atoms with Gasteiger partial charge in [0.1, 0.15) is 18.7 Å². The maximum Gasteiger partial charge on any atom is 0.244 e. The highest BCUT2D eigenvalue weighted by Gasteiger charge is 2.17. The molecular weight excluding hydrogens is 266 g/mol. The first-order valence-electron chi connectivity index (χ1n) is 6.99. The van der Waals surface area contributed by atoms with E-state index >= 15 is 0 Å². The first kappa shape index (κ1) is 15.0. The first-order valence-corrected chi connectivity index (χ1v) is 6.99. The van der Waals surface area contributed by atoms with Crippen LogP contribution in [0.2, 0.25) is 0 Å². The Morgan fingerprint density at radius 1 is 1.33 bits per heavy atom. The van der Waals surface area contributed by atoms with Crippen molar-refractivity contribution in [1.82, 2.24) is 20.1 Å². The summed E-state index contributed by atoms with van der Waals surface area (Å²) in [7, 11) is 2.02. The SMILES string of the molecule is CC(CNC(=O)C(C)n1cncn1)N(C)c1ccccc1. The van der Waals surface area contributed by atoms with Gasteiger partial charge in [-0.3, -0.25) is 4.79 Å². The summed E-state index contributed by atoms with van der Waals surface area (Å²) in [5.74, 6) is -0.0613. The van der Waals surface area contributed by atoms with Crippen LogP contribution in [0.4, 0.5) is 5.69 Å².